The number of carbonyl (C=O) groups is 3. The molecule has 1 aliphatic rings. The number of ether oxygens (including phenoxy) is 2. The van der Waals surface area contributed by atoms with Crippen molar-refractivity contribution in [1.82, 2.24) is 5.32 Å². The number of nitrogens with two attached hydrogens (primary N) is 1. The molecule has 8 heteroatoms. The minimum atomic E-state index is -2.39. The molecule has 3 rings (SSSR count). The van der Waals surface area contributed by atoms with E-state index in [0.29, 0.717) is 6.42 Å². The van der Waals surface area contributed by atoms with Crippen molar-refractivity contribution in [2.75, 3.05) is 13.2 Å². The average Bonchev–Trinajstić information content (AvgIpc) is 3.09. The number of hydrogen-bond donors (Lipinski definition) is 2. The molecular weight excluding hydrogens is 439 g/mol. The molecule has 0 bridgehead atoms. The van der Waals surface area contributed by atoms with Crippen LogP contribution >= 0.6 is 0 Å². The van der Waals surface area contributed by atoms with Crippen LogP contribution in [0.3, 0.4) is 0 Å². The van der Waals surface area contributed by atoms with Gasteiger partial charge in [0.1, 0.15) is 12.2 Å². The third-order valence-corrected chi connectivity index (χ3v) is 5.72. The summed E-state index contributed by atoms with van der Waals surface area (Å²) in [5, 5.41) is 2.57. The Morgan fingerprint density at radius 3 is 2.06 bits per heavy atom. The summed E-state index contributed by atoms with van der Waals surface area (Å²) in [5.41, 5.74) is 6.97. The Morgan fingerprint density at radius 1 is 0.971 bits per heavy atom. The highest BCUT2D eigenvalue weighted by molar-refractivity contribution is 6.04. The lowest BCUT2D eigenvalue weighted by molar-refractivity contribution is -0.158. The molecule has 0 spiro atoms. The summed E-state index contributed by atoms with van der Waals surface area (Å²) in [6.45, 7) is 5.42. The van der Waals surface area contributed by atoms with E-state index in [0.717, 1.165) is 22.3 Å². The van der Waals surface area contributed by atoms with Crippen LogP contribution < -0.4 is 11.1 Å². The third kappa shape index (κ3) is 5.80. The van der Waals surface area contributed by atoms with Crippen molar-refractivity contribution >= 4 is 18.1 Å². The SMILES string of the molecule is CC(C)(C)OC(=O)NCCCC[C@](N)(C(=O)F)C(=O)OCC1c2ccccc2-c2ccccc21. The number of rotatable bonds is 9. The fourth-order valence-electron chi connectivity index (χ4n) is 4.04. The topological polar surface area (TPSA) is 108 Å². The van der Waals surface area contributed by atoms with Crippen LogP contribution in [0.5, 0.6) is 0 Å². The maximum Gasteiger partial charge on any atom is 0.407 e. The first-order valence-electron chi connectivity index (χ1n) is 11.3. The normalized spacial score (nSPS) is 14.5. The summed E-state index contributed by atoms with van der Waals surface area (Å²) in [4.78, 5) is 36.0. The van der Waals surface area contributed by atoms with Crippen molar-refractivity contribution in [1.29, 1.82) is 0 Å². The monoisotopic (exact) mass is 470 g/mol. The van der Waals surface area contributed by atoms with Gasteiger partial charge in [0.05, 0.1) is 0 Å². The van der Waals surface area contributed by atoms with Crippen molar-refractivity contribution in [2.45, 2.75) is 57.1 Å². The van der Waals surface area contributed by atoms with E-state index in [1.807, 2.05) is 48.5 Å². The summed E-state index contributed by atoms with van der Waals surface area (Å²) < 4.78 is 24.4. The van der Waals surface area contributed by atoms with Crippen LogP contribution in [0.25, 0.3) is 11.1 Å². The lowest BCUT2D eigenvalue weighted by Crippen LogP contribution is -2.54. The summed E-state index contributed by atoms with van der Waals surface area (Å²) >= 11 is 0. The number of carbonyl (C=O) groups excluding carboxylic acids is 3. The Bertz CT molecular complexity index is 1020. The Hall–Kier alpha value is -3.26. The Labute approximate surface area is 198 Å². The van der Waals surface area contributed by atoms with Crippen LogP contribution in [0, 0.1) is 0 Å². The van der Waals surface area contributed by atoms with Crippen LogP contribution in [-0.2, 0) is 19.1 Å². The Kier molecular flexibility index (Phi) is 7.71. The number of hydrogen-bond acceptors (Lipinski definition) is 6. The van der Waals surface area contributed by atoms with Crippen molar-refractivity contribution in [3.63, 3.8) is 0 Å². The van der Waals surface area contributed by atoms with Gasteiger partial charge in [0.15, 0.2) is 0 Å². The van der Waals surface area contributed by atoms with Crippen LogP contribution in [0.2, 0.25) is 0 Å². The van der Waals surface area contributed by atoms with Crippen molar-refractivity contribution in [2.24, 2.45) is 5.73 Å². The standard InChI is InChI=1S/C26H31FN2O5/c1-25(2,3)34-24(32)29-15-9-8-14-26(28,22(27)30)23(31)33-16-21-19-12-6-4-10-17(19)18-11-5-7-13-20(18)21/h4-7,10-13,21H,8-9,14-16,28H2,1-3H3,(H,29,32)/t26-/m0/s1. The minimum absolute atomic E-state index is 0.0563. The number of alkyl carbamates (subject to hydrolysis) is 1. The molecule has 1 atom stereocenters. The van der Waals surface area contributed by atoms with E-state index in [1.165, 1.54) is 0 Å². The fraction of sp³-hybridized carbons (Fsp3) is 0.423. The molecule has 0 heterocycles. The predicted octanol–water partition coefficient (Wildman–Crippen LogP) is 4.23. The van der Waals surface area contributed by atoms with Crippen molar-refractivity contribution < 1.29 is 28.2 Å². The van der Waals surface area contributed by atoms with Crippen LogP contribution in [0.4, 0.5) is 9.18 Å². The average molecular weight is 471 g/mol. The Morgan fingerprint density at radius 2 is 1.53 bits per heavy atom. The number of nitrogens with one attached hydrogen (secondary N) is 1. The zero-order valence-corrected chi connectivity index (χ0v) is 19.7. The fourth-order valence-corrected chi connectivity index (χ4v) is 4.04. The number of amides is 1. The minimum Gasteiger partial charge on any atom is -0.463 e. The van der Waals surface area contributed by atoms with Gasteiger partial charge in [0.25, 0.3) is 0 Å². The highest BCUT2D eigenvalue weighted by Crippen LogP contribution is 2.44. The van der Waals surface area contributed by atoms with Crippen LogP contribution in [0.1, 0.15) is 57.1 Å². The van der Waals surface area contributed by atoms with Crippen molar-refractivity contribution in [3.05, 3.63) is 59.7 Å². The van der Waals surface area contributed by atoms with E-state index in [9.17, 15) is 18.8 Å². The van der Waals surface area contributed by atoms with Gasteiger partial charge in [-0.15, -0.1) is 0 Å². The van der Waals surface area contributed by atoms with Gasteiger partial charge < -0.3 is 20.5 Å². The molecular formula is C26H31FN2O5. The molecule has 0 aliphatic heterocycles. The molecule has 1 amide bonds. The summed E-state index contributed by atoms with van der Waals surface area (Å²) in [6, 6.07) is 13.7. The predicted molar refractivity (Wildman–Crippen MR) is 126 cm³/mol. The molecule has 0 fully saturated rings. The Balaban J connectivity index is 1.57. The van der Waals surface area contributed by atoms with Gasteiger partial charge in [-0.25, -0.2) is 9.59 Å². The highest BCUT2D eigenvalue weighted by Gasteiger charge is 2.44. The zero-order valence-electron chi connectivity index (χ0n) is 19.7. The van der Waals surface area contributed by atoms with E-state index in [1.54, 1.807) is 20.8 Å². The first kappa shape index (κ1) is 25.4. The second kappa shape index (κ2) is 10.3. The van der Waals surface area contributed by atoms with E-state index < -0.39 is 29.2 Å². The number of halogens is 1. The first-order valence-corrected chi connectivity index (χ1v) is 11.3. The highest BCUT2D eigenvalue weighted by atomic mass is 19.1. The maximum atomic E-state index is 13.8. The molecule has 182 valence electrons. The van der Waals surface area contributed by atoms with Gasteiger partial charge in [-0.2, -0.15) is 4.39 Å². The van der Waals surface area contributed by atoms with Gasteiger partial charge in [-0.1, -0.05) is 48.5 Å². The molecule has 0 saturated carbocycles. The third-order valence-electron chi connectivity index (χ3n) is 5.72. The summed E-state index contributed by atoms with van der Waals surface area (Å²) in [7, 11) is 0. The molecule has 7 nitrogen and oxygen atoms in total. The van der Waals surface area contributed by atoms with E-state index >= 15 is 0 Å². The summed E-state index contributed by atoms with van der Waals surface area (Å²) in [6.07, 6.45) is -0.215. The summed E-state index contributed by atoms with van der Waals surface area (Å²) in [5.74, 6) is -1.32. The number of unbranched alkanes of at least 4 members (excludes halogenated alkanes) is 1. The smallest absolute Gasteiger partial charge is 0.407 e. The molecule has 0 radical (unpaired) electrons. The molecule has 0 unspecified atom stereocenters. The molecule has 1 aliphatic carbocycles. The van der Waals surface area contributed by atoms with Gasteiger partial charge in [-0.05, 0) is 62.3 Å². The molecule has 2 aromatic rings. The molecule has 3 N–H and O–H groups in total. The molecule has 2 aromatic carbocycles. The lowest BCUT2D eigenvalue weighted by Gasteiger charge is -2.24. The van der Waals surface area contributed by atoms with Gasteiger partial charge in [0.2, 0.25) is 5.54 Å². The quantitative estimate of drug-likeness (QED) is 0.246. The number of esters is 1. The van der Waals surface area contributed by atoms with E-state index in [4.69, 9.17) is 15.2 Å². The van der Waals surface area contributed by atoms with Crippen LogP contribution in [0.15, 0.2) is 48.5 Å². The first-order chi connectivity index (χ1) is 16.0. The zero-order chi connectivity index (χ0) is 24.9. The molecule has 34 heavy (non-hydrogen) atoms. The van der Waals surface area contributed by atoms with E-state index in [2.05, 4.69) is 5.32 Å². The number of fused-ring (bicyclic) bond motifs is 3. The number of benzene rings is 2. The maximum absolute atomic E-state index is 13.8. The van der Waals surface area contributed by atoms with Gasteiger partial charge in [0, 0.05) is 12.5 Å². The van der Waals surface area contributed by atoms with E-state index in [-0.39, 0.29) is 31.9 Å². The van der Waals surface area contributed by atoms with Gasteiger partial charge in [-0.3, -0.25) is 4.79 Å². The lowest BCUT2D eigenvalue weighted by atomic mass is 9.94. The van der Waals surface area contributed by atoms with Crippen molar-refractivity contribution in [3.8, 4) is 11.1 Å². The second-order valence-corrected chi connectivity index (χ2v) is 9.46. The van der Waals surface area contributed by atoms with Gasteiger partial charge >= 0.3 is 18.1 Å². The largest absolute Gasteiger partial charge is 0.463 e. The molecule has 0 aromatic heterocycles. The molecule has 0 saturated heterocycles. The van der Waals surface area contributed by atoms with Crippen LogP contribution in [-0.4, -0.2) is 42.4 Å². The second-order valence-electron chi connectivity index (χ2n) is 9.46.